The van der Waals surface area contributed by atoms with Crippen molar-refractivity contribution in [3.63, 3.8) is 0 Å². The molecule has 1 heterocycles. The van der Waals surface area contributed by atoms with Gasteiger partial charge in [-0.3, -0.25) is 4.79 Å². The zero-order valence-electron chi connectivity index (χ0n) is 19.0. The largest absolute Gasteiger partial charge is 0.497 e. The second kappa shape index (κ2) is 11.6. The van der Waals surface area contributed by atoms with E-state index in [1.807, 2.05) is 55.5 Å². The highest BCUT2D eigenvalue weighted by molar-refractivity contribution is 9.10. The second-order valence-electron chi connectivity index (χ2n) is 7.26. The molecule has 0 saturated heterocycles. The van der Waals surface area contributed by atoms with Crippen LogP contribution in [0.4, 0.5) is 5.69 Å². The Morgan fingerprint density at radius 2 is 1.76 bits per heavy atom. The van der Waals surface area contributed by atoms with E-state index in [0.29, 0.717) is 42.0 Å². The number of esters is 1. The Morgan fingerprint density at radius 3 is 2.39 bits per heavy atom. The Balaban J connectivity index is 1.85. The number of rotatable bonds is 10. The van der Waals surface area contributed by atoms with E-state index in [2.05, 4.69) is 31.5 Å². The first kappa shape index (κ1) is 24.4. The van der Waals surface area contributed by atoms with Gasteiger partial charge in [-0.05, 0) is 54.8 Å². The molecule has 1 amide bonds. The number of aromatic amines is 1. The molecule has 174 valence electrons. The quantitative estimate of drug-likeness (QED) is 0.329. The van der Waals surface area contributed by atoms with Crippen molar-refractivity contribution in [3.05, 3.63) is 81.1 Å². The number of aromatic nitrogens is 1. The van der Waals surface area contributed by atoms with E-state index >= 15 is 0 Å². The molecular formula is C25H28BrN3O4. The molecule has 1 aromatic heterocycles. The van der Waals surface area contributed by atoms with Crippen molar-refractivity contribution in [2.24, 2.45) is 0 Å². The fourth-order valence-electron chi connectivity index (χ4n) is 3.53. The second-order valence-corrected chi connectivity index (χ2v) is 8.12. The van der Waals surface area contributed by atoms with E-state index in [0.717, 1.165) is 21.5 Å². The van der Waals surface area contributed by atoms with Crippen LogP contribution in [-0.4, -0.2) is 30.6 Å². The molecule has 0 radical (unpaired) electrons. The van der Waals surface area contributed by atoms with Crippen molar-refractivity contribution in [3.8, 4) is 5.75 Å². The smallest absolute Gasteiger partial charge is 0.340 e. The molecular weight excluding hydrogens is 486 g/mol. The molecule has 33 heavy (non-hydrogen) atoms. The van der Waals surface area contributed by atoms with Gasteiger partial charge in [-0.25, -0.2) is 4.79 Å². The van der Waals surface area contributed by atoms with Gasteiger partial charge in [-0.2, -0.15) is 0 Å². The predicted octanol–water partition coefficient (Wildman–Crippen LogP) is 5.07. The van der Waals surface area contributed by atoms with Gasteiger partial charge in [-0.15, -0.1) is 0 Å². The molecule has 0 unspecified atom stereocenters. The summed E-state index contributed by atoms with van der Waals surface area (Å²) < 4.78 is 11.4. The molecule has 0 aliphatic rings. The van der Waals surface area contributed by atoms with Crippen molar-refractivity contribution in [1.82, 2.24) is 10.3 Å². The van der Waals surface area contributed by atoms with Crippen LogP contribution in [0.2, 0.25) is 0 Å². The molecule has 0 saturated carbocycles. The molecule has 0 atom stereocenters. The lowest BCUT2D eigenvalue weighted by Crippen LogP contribution is -2.24. The summed E-state index contributed by atoms with van der Waals surface area (Å²) in [5, 5.41) is 6.23. The van der Waals surface area contributed by atoms with E-state index < -0.39 is 5.97 Å². The summed E-state index contributed by atoms with van der Waals surface area (Å²) in [6.45, 7) is 4.61. The molecule has 0 spiro atoms. The van der Waals surface area contributed by atoms with Gasteiger partial charge in [0, 0.05) is 22.4 Å². The van der Waals surface area contributed by atoms with Crippen molar-refractivity contribution in [1.29, 1.82) is 0 Å². The first-order valence-corrected chi connectivity index (χ1v) is 11.6. The summed E-state index contributed by atoms with van der Waals surface area (Å²) in [7, 11) is 1.61. The van der Waals surface area contributed by atoms with Gasteiger partial charge in [0.05, 0.1) is 25.8 Å². The SMILES string of the molecule is CCOC(=O)c1c(CNc2ccc(OC)cc2)[nH]c(C(=O)NCc2ccccc2Br)c1CC. The molecule has 7 nitrogen and oxygen atoms in total. The van der Waals surface area contributed by atoms with Crippen molar-refractivity contribution >= 4 is 33.5 Å². The lowest BCUT2D eigenvalue weighted by Gasteiger charge is -2.09. The summed E-state index contributed by atoms with van der Waals surface area (Å²) in [6, 6.07) is 15.2. The number of nitrogens with one attached hydrogen (secondary N) is 3. The maximum Gasteiger partial charge on any atom is 0.340 e. The third kappa shape index (κ3) is 5.96. The number of carbonyl (C=O) groups is 2. The number of anilines is 1. The minimum absolute atomic E-state index is 0.252. The monoisotopic (exact) mass is 513 g/mol. The number of carbonyl (C=O) groups excluding carboxylic acids is 2. The summed E-state index contributed by atoms with van der Waals surface area (Å²) >= 11 is 3.50. The van der Waals surface area contributed by atoms with E-state index in [4.69, 9.17) is 9.47 Å². The zero-order chi connectivity index (χ0) is 23.8. The maximum absolute atomic E-state index is 13.1. The number of amides is 1. The van der Waals surface area contributed by atoms with Crippen molar-refractivity contribution in [2.75, 3.05) is 19.0 Å². The number of ether oxygens (including phenoxy) is 2. The molecule has 3 aromatic rings. The van der Waals surface area contributed by atoms with Gasteiger partial charge in [0.25, 0.3) is 5.91 Å². The van der Waals surface area contributed by atoms with E-state index in [9.17, 15) is 9.59 Å². The minimum atomic E-state index is -0.443. The average Bonchev–Trinajstić information content (AvgIpc) is 3.21. The Labute approximate surface area is 202 Å². The third-order valence-corrected chi connectivity index (χ3v) is 5.97. The number of halogens is 1. The lowest BCUT2D eigenvalue weighted by molar-refractivity contribution is 0.0524. The van der Waals surface area contributed by atoms with Crippen molar-refractivity contribution < 1.29 is 19.1 Å². The summed E-state index contributed by atoms with van der Waals surface area (Å²) in [4.78, 5) is 29.0. The number of H-pyrrole nitrogens is 1. The van der Waals surface area contributed by atoms with Gasteiger partial charge >= 0.3 is 5.97 Å². The maximum atomic E-state index is 13.1. The fourth-order valence-corrected chi connectivity index (χ4v) is 3.96. The summed E-state index contributed by atoms with van der Waals surface area (Å²) in [5.74, 6) is 0.0377. The highest BCUT2D eigenvalue weighted by Crippen LogP contribution is 2.24. The molecule has 0 aliphatic carbocycles. The van der Waals surface area contributed by atoms with E-state index in [1.54, 1.807) is 14.0 Å². The number of methoxy groups -OCH3 is 1. The van der Waals surface area contributed by atoms with Crippen LogP contribution in [0.15, 0.2) is 53.0 Å². The van der Waals surface area contributed by atoms with Crippen LogP contribution in [0.1, 0.15) is 51.5 Å². The van der Waals surface area contributed by atoms with Gasteiger partial charge in [0.1, 0.15) is 11.4 Å². The molecule has 8 heteroatoms. The number of hydrogen-bond acceptors (Lipinski definition) is 5. The Hall–Kier alpha value is -3.26. The minimum Gasteiger partial charge on any atom is -0.497 e. The first-order chi connectivity index (χ1) is 16.0. The zero-order valence-corrected chi connectivity index (χ0v) is 20.5. The molecule has 3 rings (SSSR count). The number of benzene rings is 2. The lowest BCUT2D eigenvalue weighted by atomic mass is 10.1. The first-order valence-electron chi connectivity index (χ1n) is 10.8. The van der Waals surface area contributed by atoms with Crippen LogP contribution in [-0.2, 0) is 24.2 Å². The highest BCUT2D eigenvalue weighted by Gasteiger charge is 2.26. The summed E-state index contributed by atoms with van der Waals surface area (Å²) in [5.41, 5.74) is 3.85. The molecule has 0 bridgehead atoms. The predicted molar refractivity (Wildman–Crippen MR) is 132 cm³/mol. The Morgan fingerprint density at radius 1 is 1.03 bits per heavy atom. The van der Waals surface area contributed by atoms with Crippen LogP contribution in [0.5, 0.6) is 5.75 Å². The molecule has 0 aliphatic heterocycles. The van der Waals surface area contributed by atoms with Crippen LogP contribution < -0.4 is 15.4 Å². The van der Waals surface area contributed by atoms with Gasteiger partial charge in [0.15, 0.2) is 0 Å². The van der Waals surface area contributed by atoms with Gasteiger partial charge < -0.3 is 25.1 Å². The molecule has 0 fully saturated rings. The average molecular weight is 514 g/mol. The van der Waals surface area contributed by atoms with Crippen LogP contribution in [0, 0.1) is 0 Å². The summed E-state index contributed by atoms with van der Waals surface area (Å²) in [6.07, 6.45) is 0.505. The van der Waals surface area contributed by atoms with E-state index in [-0.39, 0.29) is 12.5 Å². The van der Waals surface area contributed by atoms with Crippen LogP contribution >= 0.6 is 15.9 Å². The van der Waals surface area contributed by atoms with Crippen molar-refractivity contribution in [2.45, 2.75) is 33.4 Å². The third-order valence-electron chi connectivity index (χ3n) is 5.20. The van der Waals surface area contributed by atoms with Gasteiger partial charge in [0.2, 0.25) is 0 Å². The van der Waals surface area contributed by atoms with E-state index in [1.165, 1.54) is 0 Å². The fraction of sp³-hybridized carbons (Fsp3) is 0.280. The normalized spacial score (nSPS) is 10.5. The topological polar surface area (TPSA) is 92.5 Å². The van der Waals surface area contributed by atoms with Gasteiger partial charge in [-0.1, -0.05) is 41.1 Å². The molecule has 2 aromatic carbocycles. The van der Waals surface area contributed by atoms with Crippen LogP contribution in [0.25, 0.3) is 0 Å². The molecule has 3 N–H and O–H groups in total. The standard InChI is InChI=1S/C25H28BrN3O4/c1-4-19-22(25(31)33-5-2)21(15-27-17-10-12-18(32-3)13-11-17)29-23(19)24(30)28-14-16-8-6-7-9-20(16)26/h6-13,27,29H,4-5,14-15H2,1-3H3,(H,28,30). The Kier molecular flexibility index (Phi) is 8.54. The van der Waals surface area contributed by atoms with Crippen LogP contribution in [0.3, 0.4) is 0 Å². The Bertz CT molecular complexity index is 1110. The number of hydrogen-bond donors (Lipinski definition) is 3. The highest BCUT2D eigenvalue weighted by atomic mass is 79.9.